The molecule has 30 heavy (non-hydrogen) atoms. The van der Waals surface area contributed by atoms with E-state index in [4.69, 9.17) is 9.47 Å². The third kappa shape index (κ3) is 5.70. The molecular formula is C19H23N3O7S. The van der Waals surface area contributed by atoms with E-state index < -0.39 is 17.1 Å². The van der Waals surface area contributed by atoms with Crippen molar-refractivity contribution in [1.82, 2.24) is 9.80 Å². The van der Waals surface area contributed by atoms with Crippen LogP contribution in [0.1, 0.15) is 18.9 Å². The number of piperazine rings is 1. The van der Waals surface area contributed by atoms with E-state index in [-0.39, 0.29) is 28.6 Å². The Labute approximate surface area is 177 Å². The second-order valence-corrected chi connectivity index (χ2v) is 8.56. The number of thioether (sulfide) groups is 1. The van der Waals surface area contributed by atoms with E-state index >= 15 is 0 Å². The summed E-state index contributed by atoms with van der Waals surface area (Å²) < 4.78 is 10.8. The Morgan fingerprint density at radius 1 is 1.17 bits per heavy atom. The molecule has 0 radical (unpaired) electrons. The van der Waals surface area contributed by atoms with Crippen molar-refractivity contribution < 1.29 is 28.8 Å². The molecule has 2 saturated heterocycles. The van der Waals surface area contributed by atoms with Gasteiger partial charge in [-0.3, -0.25) is 19.7 Å². The molecule has 3 rings (SSSR count). The number of ether oxygens (including phenoxy) is 2. The van der Waals surface area contributed by atoms with E-state index in [1.165, 1.54) is 35.7 Å². The maximum absolute atomic E-state index is 12.6. The van der Waals surface area contributed by atoms with E-state index in [0.717, 1.165) is 0 Å². The van der Waals surface area contributed by atoms with Crippen LogP contribution in [-0.2, 0) is 25.7 Å². The second-order valence-electron chi connectivity index (χ2n) is 7.08. The summed E-state index contributed by atoms with van der Waals surface area (Å²) in [5.74, 6) is -0.111. The highest BCUT2D eigenvalue weighted by Gasteiger charge is 2.36. The van der Waals surface area contributed by atoms with E-state index in [1.807, 2.05) is 0 Å². The largest absolute Gasteiger partial charge is 0.445 e. The smallest absolute Gasteiger partial charge is 0.410 e. The lowest BCUT2D eigenvalue weighted by Gasteiger charge is -2.35. The molecule has 1 aromatic rings. The lowest BCUT2D eigenvalue weighted by Crippen LogP contribution is -2.52. The predicted octanol–water partition coefficient (Wildman–Crippen LogP) is 1.81. The van der Waals surface area contributed by atoms with Crippen LogP contribution in [0.25, 0.3) is 0 Å². The topological polar surface area (TPSA) is 119 Å². The molecule has 0 aliphatic carbocycles. The molecule has 2 aliphatic heterocycles. The van der Waals surface area contributed by atoms with Gasteiger partial charge in [-0.15, -0.1) is 0 Å². The van der Waals surface area contributed by atoms with Gasteiger partial charge in [-0.25, -0.2) is 4.79 Å². The van der Waals surface area contributed by atoms with Crippen molar-refractivity contribution in [2.75, 3.05) is 32.8 Å². The summed E-state index contributed by atoms with van der Waals surface area (Å²) in [7, 11) is 0. The number of amides is 2. The minimum atomic E-state index is -0.539. The van der Waals surface area contributed by atoms with Gasteiger partial charge in [-0.05, 0) is 24.1 Å². The molecule has 2 aliphatic rings. The third-order valence-electron chi connectivity index (χ3n) is 4.93. The van der Waals surface area contributed by atoms with Gasteiger partial charge in [-0.2, -0.15) is 0 Å². The first-order chi connectivity index (χ1) is 14.3. The molecule has 0 bridgehead atoms. The fourth-order valence-corrected chi connectivity index (χ4v) is 4.24. The van der Waals surface area contributed by atoms with Gasteiger partial charge in [0.15, 0.2) is 5.12 Å². The summed E-state index contributed by atoms with van der Waals surface area (Å²) >= 11 is 1.20. The number of rotatable bonds is 5. The van der Waals surface area contributed by atoms with Crippen LogP contribution in [0, 0.1) is 10.1 Å². The monoisotopic (exact) mass is 437 g/mol. The van der Waals surface area contributed by atoms with Crippen LogP contribution < -0.4 is 0 Å². The maximum atomic E-state index is 12.6. The molecule has 2 fully saturated rings. The summed E-state index contributed by atoms with van der Waals surface area (Å²) in [6.07, 6.45) is -0.515. The van der Waals surface area contributed by atoms with Crippen LogP contribution in [0.15, 0.2) is 24.3 Å². The predicted molar refractivity (Wildman–Crippen MR) is 108 cm³/mol. The summed E-state index contributed by atoms with van der Waals surface area (Å²) in [4.78, 5) is 49.4. The van der Waals surface area contributed by atoms with Crippen LogP contribution in [0.4, 0.5) is 10.5 Å². The van der Waals surface area contributed by atoms with Crippen molar-refractivity contribution in [2.24, 2.45) is 0 Å². The van der Waals surface area contributed by atoms with Gasteiger partial charge >= 0.3 is 6.09 Å². The molecule has 0 aromatic heterocycles. The van der Waals surface area contributed by atoms with Gasteiger partial charge < -0.3 is 19.3 Å². The Kier molecular flexibility index (Phi) is 7.27. The van der Waals surface area contributed by atoms with Crippen molar-refractivity contribution in [3.63, 3.8) is 0 Å². The van der Waals surface area contributed by atoms with E-state index in [9.17, 15) is 24.5 Å². The number of carbonyl (C=O) groups is 3. The molecule has 2 atom stereocenters. The summed E-state index contributed by atoms with van der Waals surface area (Å²) in [6.45, 7) is 3.37. The number of benzene rings is 1. The van der Waals surface area contributed by atoms with Gasteiger partial charge in [0.25, 0.3) is 11.6 Å². The molecule has 1 aromatic carbocycles. The Morgan fingerprint density at radius 3 is 2.40 bits per heavy atom. The molecular weight excluding hydrogens is 414 g/mol. The Hall–Kier alpha value is -2.66. The molecule has 162 valence electrons. The Balaban J connectivity index is 1.41. The number of hydrogen-bond acceptors (Lipinski definition) is 8. The zero-order valence-corrected chi connectivity index (χ0v) is 17.3. The average molecular weight is 437 g/mol. The molecule has 0 saturated carbocycles. The molecule has 2 amide bonds. The second kappa shape index (κ2) is 9.90. The van der Waals surface area contributed by atoms with Crippen LogP contribution in [-0.4, -0.2) is 76.0 Å². The molecule has 0 N–H and O–H groups in total. The van der Waals surface area contributed by atoms with Gasteiger partial charge in [0.2, 0.25) is 0 Å². The first-order valence-corrected chi connectivity index (χ1v) is 10.4. The SMILES string of the molecule is CC(=O)S[C@H]1CO[C@@H](C(=O)N2CCN(C(=O)OCc3ccc([N+](=O)[O-])cc3)CC2)C1. The Bertz CT molecular complexity index is 809. The lowest BCUT2D eigenvalue weighted by atomic mass is 10.2. The van der Waals surface area contributed by atoms with Gasteiger partial charge in [0, 0.05) is 50.5 Å². The van der Waals surface area contributed by atoms with E-state index in [1.54, 1.807) is 17.0 Å². The standard InChI is InChI=1S/C19H23N3O7S/c1-13(23)30-16-10-17(28-12-16)18(24)20-6-8-21(9-7-20)19(25)29-11-14-2-4-15(5-3-14)22(26)27/h2-5,16-17H,6-12H2,1H3/t16-,17-/m1/s1. The van der Waals surface area contributed by atoms with Crippen LogP contribution in [0.5, 0.6) is 0 Å². The zero-order valence-electron chi connectivity index (χ0n) is 16.5. The molecule has 11 heteroatoms. The van der Waals surface area contributed by atoms with Gasteiger partial charge in [0.1, 0.15) is 12.7 Å². The number of hydrogen-bond donors (Lipinski definition) is 0. The minimum Gasteiger partial charge on any atom is -0.445 e. The number of nitro groups is 1. The normalized spacial score (nSPS) is 21.4. The van der Waals surface area contributed by atoms with Crippen LogP contribution in [0.3, 0.4) is 0 Å². The number of nitrogens with zero attached hydrogens (tertiary/aromatic N) is 3. The summed E-state index contributed by atoms with van der Waals surface area (Å²) in [5, 5.41) is 10.7. The van der Waals surface area contributed by atoms with Crippen molar-refractivity contribution in [2.45, 2.75) is 31.3 Å². The Morgan fingerprint density at radius 2 is 1.80 bits per heavy atom. The summed E-state index contributed by atoms with van der Waals surface area (Å²) in [6, 6.07) is 5.80. The van der Waals surface area contributed by atoms with Crippen LogP contribution >= 0.6 is 11.8 Å². The van der Waals surface area contributed by atoms with E-state index in [0.29, 0.717) is 44.8 Å². The highest BCUT2D eigenvalue weighted by atomic mass is 32.2. The number of carbonyl (C=O) groups excluding carboxylic acids is 3. The molecule has 10 nitrogen and oxygen atoms in total. The highest BCUT2D eigenvalue weighted by Crippen LogP contribution is 2.26. The lowest BCUT2D eigenvalue weighted by molar-refractivity contribution is -0.384. The molecule has 0 spiro atoms. The first kappa shape index (κ1) is 22.0. The van der Waals surface area contributed by atoms with Crippen LogP contribution in [0.2, 0.25) is 0 Å². The molecule has 2 heterocycles. The van der Waals surface area contributed by atoms with Crippen molar-refractivity contribution >= 4 is 34.6 Å². The van der Waals surface area contributed by atoms with Crippen molar-refractivity contribution in [3.05, 3.63) is 39.9 Å². The fraction of sp³-hybridized carbons (Fsp3) is 0.526. The maximum Gasteiger partial charge on any atom is 0.410 e. The average Bonchev–Trinajstić information content (AvgIpc) is 3.19. The molecule has 0 unspecified atom stereocenters. The van der Waals surface area contributed by atoms with Gasteiger partial charge in [-0.1, -0.05) is 11.8 Å². The van der Waals surface area contributed by atoms with E-state index in [2.05, 4.69) is 0 Å². The number of nitro benzene ring substituents is 1. The first-order valence-electron chi connectivity index (χ1n) is 9.56. The third-order valence-corrected chi connectivity index (χ3v) is 5.92. The quantitative estimate of drug-likeness (QED) is 0.505. The highest BCUT2D eigenvalue weighted by molar-refractivity contribution is 8.14. The van der Waals surface area contributed by atoms with Gasteiger partial charge in [0.05, 0.1) is 11.5 Å². The van der Waals surface area contributed by atoms with Crippen molar-refractivity contribution in [1.29, 1.82) is 0 Å². The minimum absolute atomic E-state index is 0.00661. The zero-order chi connectivity index (χ0) is 21.7. The number of non-ortho nitro benzene ring substituents is 1. The fourth-order valence-electron chi connectivity index (χ4n) is 3.35. The summed E-state index contributed by atoms with van der Waals surface area (Å²) in [5.41, 5.74) is 0.627. The van der Waals surface area contributed by atoms with Crippen molar-refractivity contribution in [3.8, 4) is 0 Å².